The SMILES string of the molecule is NCc1ccc(F)cc1S(=O)(=O)Nc1ccc(Br)cc1Br. The molecule has 21 heavy (non-hydrogen) atoms. The monoisotopic (exact) mass is 436 g/mol. The first-order chi connectivity index (χ1) is 9.83. The third-order valence-corrected chi connectivity index (χ3v) is 5.31. The smallest absolute Gasteiger partial charge is 0.262 e. The summed E-state index contributed by atoms with van der Waals surface area (Å²) in [6.07, 6.45) is 0. The summed E-state index contributed by atoms with van der Waals surface area (Å²) < 4.78 is 41.9. The number of halogens is 3. The van der Waals surface area contributed by atoms with Crippen molar-refractivity contribution in [3.8, 4) is 0 Å². The lowest BCUT2D eigenvalue weighted by Crippen LogP contribution is -2.17. The maximum Gasteiger partial charge on any atom is 0.262 e. The molecule has 8 heteroatoms. The van der Waals surface area contributed by atoms with E-state index >= 15 is 0 Å². The Morgan fingerprint density at radius 1 is 1.14 bits per heavy atom. The molecule has 112 valence electrons. The standard InChI is InChI=1S/C13H11Br2FN2O2S/c14-9-2-4-12(11(15)5-9)18-21(19,20)13-6-10(16)3-1-8(13)7-17/h1-6,18H,7,17H2. The maximum atomic E-state index is 13.3. The van der Waals surface area contributed by atoms with Gasteiger partial charge in [0.05, 0.1) is 10.6 Å². The summed E-state index contributed by atoms with van der Waals surface area (Å²) in [6.45, 7) is -0.00195. The zero-order chi connectivity index (χ0) is 15.6. The second-order valence-electron chi connectivity index (χ2n) is 4.19. The van der Waals surface area contributed by atoms with Crippen LogP contribution in [0.4, 0.5) is 10.1 Å². The van der Waals surface area contributed by atoms with Crippen molar-refractivity contribution < 1.29 is 12.8 Å². The van der Waals surface area contributed by atoms with Gasteiger partial charge < -0.3 is 5.73 Å². The fourth-order valence-corrected chi connectivity index (χ4v) is 4.34. The van der Waals surface area contributed by atoms with E-state index in [1.807, 2.05) is 0 Å². The molecular formula is C13H11Br2FN2O2S. The van der Waals surface area contributed by atoms with Crippen LogP contribution in [0.15, 0.2) is 50.2 Å². The predicted molar refractivity (Wildman–Crippen MR) is 86.9 cm³/mol. The Bertz CT molecular complexity index is 782. The van der Waals surface area contributed by atoms with Crippen molar-refractivity contribution in [3.63, 3.8) is 0 Å². The van der Waals surface area contributed by atoms with Crippen LogP contribution in [0.5, 0.6) is 0 Å². The number of nitrogens with two attached hydrogens (primary N) is 1. The molecule has 0 aliphatic carbocycles. The molecule has 0 aliphatic heterocycles. The van der Waals surface area contributed by atoms with Gasteiger partial charge in [0, 0.05) is 15.5 Å². The zero-order valence-corrected chi connectivity index (χ0v) is 14.6. The fourth-order valence-electron chi connectivity index (χ4n) is 1.72. The number of nitrogens with one attached hydrogen (secondary N) is 1. The van der Waals surface area contributed by atoms with Gasteiger partial charge in [-0.2, -0.15) is 0 Å². The van der Waals surface area contributed by atoms with Crippen molar-refractivity contribution >= 4 is 47.6 Å². The molecule has 0 amide bonds. The van der Waals surface area contributed by atoms with Crippen molar-refractivity contribution in [1.82, 2.24) is 0 Å². The first-order valence-electron chi connectivity index (χ1n) is 5.80. The lowest BCUT2D eigenvalue weighted by atomic mass is 10.2. The van der Waals surface area contributed by atoms with E-state index in [2.05, 4.69) is 36.6 Å². The molecule has 2 aromatic rings. The molecule has 3 N–H and O–H groups in total. The minimum atomic E-state index is -3.93. The first kappa shape index (κ1) is 16.4. The summed E-state index contributed by atoms with van der Waals surface area (Å²) in [5.74, 6) is -0.637. The number of hydrogen-bond acceptors (Lipinski definition) is 3. The number of sulfonamides is 1. The Balaban J connectivity index is 2.45. The van der Waals surface area contributed by atoms with E-state index in [1.165, 1.54) is 12.1 Å². The molecule has 0 aliphatic rings. The van der Waals surface area contributed by atoms with Crippen LogP contribution in [0.3, 0.4) is 0 Å². The summed E-state index contributed by atoms with van der Waals surface area (Å²) >= 11 is 6.55. The second-order valence-corrected chi connectivity index (χ2v) is 7.61. The van der Waals surface area contributed by atoms with Gasteiger partial charge in [-0.1, -0.05) is 22.0 Å². The van der Waals surface area contributed by atoms with Gasteiger partial charge in [-0.05, 0) is 51.8 Å². The van der Waals surface area contributed by atoms with Gasteiger partial charge in [-0.15, -0.1) is 0 Å². The lowest BCUT2D eigenvalue weighted by Gasteiger charge is -2.13. The minimum absolute atomic E-state index is 0.00195. The molecule has 0 heterocycles. The van der Waals surface area contributed by atoms with Crippen molar-refractivity contribution in [1.29, 1.82) is 0 Å². The number of anilines is 1. The topological polar surface area (TPSA) is 72.2 Å². The van der Waals surface area contributed by atoms with Crippen LogP contribution in [0.1, 0.15) is 5.56 Å². The zero-order valence-electron chi connectivity index (χ0n) is 10.6. The van der Waals surface area contributed by atoms with Crippen LogP contribution in [0.25, 0.3) is 0 Å². The van der Waals surface area contributed by atoms with Crippen molar-refractivity contribution in [2.45, 2.75) is 11.4 Å². The molecule has 0 fully saturated rings. The molecule has 0 unspecified atom stereocenters. The number of hydrogen-bond donors (Lipinski definition) is 2. The highest BCUT2D eigenvalue weighted by molar-refractivity contribution is 9.11. The predicted octanol–water partition coefficient (Wildman–Crippen LogP) is 3.61. The van der Waals surface area contributed by atoms with Crippen LogP contribution < -0.4 is 10.5 Å². The molecule has 0 saturated carbocycles. The summed E-state index contributed by atoms with van der Waals surface area (Å²) in [5, 5.41) is 0. The molecule has 0 atom stereocenters. The molecule has 2 rings (SSSR count). The van der Waals surface area contributed by atoms with E-state index in [9.17, 15) is 12.8 Å². The van der Waals surface area contributed by atoms with E-state index in [0.717, 1.165) is 10.5 Å². The highest BCUT2D eigenvalue weighted by Gasteiger charge is 2.20. The van der Waals surface area contributed by atoms with Crippen LogP contribution in [0.2, 0.25) is 0 Å². The van der Waals surface area contributed by atoms with Crippen LogP contribution in [0, 0.1) is 5.82 Å². The Morgan fingerprint density at radius 3 is 2.48 bits per heavy atom. The Labute approximate surface area is 138 Å². The van der Waals surface area contributed by atoms with E-state index in [-0.39, 0.29) is 11.4 Å². The van der Waals surface area contributed by atoms with E-state index in [1.54, 1.807) is 18.2 Å². The number of benzene rings is 2. The van der Waals surface area contributed by atoms with Crippen molar-refractivity contribution in [2.75, 3.05) is 4.72 Å². The molecule has 0 saturated heterocycles. The molecule has 0 aromatic heterocycles. The summed E-state index contributed by atoms with van der Waals surface area (Å²) in [5.41, 5.74) is 6.21. The maximum absolute atomic E-state index is 13.3. The van der Waals surface area contributed by atoms with E-state index in [0.29, 0.717) is 15.7 Å². The fraction of sp³-hybridized carbons (Fsp3) is 0.0769. The van der Waals surface area contributed by atoms with Crippen molar-refractivity contribution in [2.24, 2.45) is 5.73 Å². The van der Waals surface area contributed by atoms with Gasteiger partial charge in [0.25, 0.3) is 10.0 Å². The van der Waals surface area contributed by atoms with Crippen LogP contribution in [-0.2, 0) is 16.6 Å². The van der Waals surface area contributed by atoms with Gasteiger partial charge in [0.15, 0.2) is 0 Å². The minimum Gasteiger partial charge on any atom is -0.326 e. The average molecular weight is 438 g/mol. The van der Waals surface area contributed by atoms with E-state index in [4.69, 9.17) is 5.73 Å². The van der Waals surface area contributed by atoms with Gasteiger partial charge in [-0.3, -0.25) is 4.72 Å². The normalized spacial score (nSPS) is 11.4. The highest BCUT2D eigenvalue weighted by Crippen LogP contribution is 2.29. The highest BCUT2D eigenvalue weighted by atomic mass is 79.9. The molecule has 0 spiro atoms. The van der Waals surface area contributed by atoms with Gasteiger partial charge in [0.2, 0.25) is 0 Å². The summed E-state index contributed by atoms with van der Waals surface area (Å²) in [7, 11) is -3.93. The van der Waals surface area contributed by atoms with Gasteiger partial charge in [0.1, 0.15) is 5.82 Å². The third kappa shape index (κ3) is 3.82. The molecule has 4 nitrogen and oxygen atoms in total. The lowest BCUT2D eigenvalue weighted by molar-refractivity contribution is 0.593. The number of rotatable bonds is 4. The Kier molecular flexibility index (Phi) is 5.03. The van der Waals surface area contributed by atoms with Crippen LogP contribution >= 0.6 is 31.9 Å². The first-order valence-corrected chi connectivity index (χ1v) is 8.87. The van der Waals surface area contributed by atoms with Crippen molar-refractivity contribution in [3.05, 3.63) is 56.7 Å². The summed E-state index contributed by atoms with van der Waals surface area (Å²) in [4.78, 5) is -0.167. The molecule has 2 aromatic carbocycles. The second kappa shape index (κ2) is 6.43. The molecule has 0 radical (unpaired) electrons. The molecular weight excluding hydrogens is 427 g/mol. The van der Waals surface area contributed by atoms with Gasteiger partial charge in [-0.25, -0.2) is 12.8 Å². The molecule has 0 bridgehead atoms. The van der Waals surface area contributed by atoms with E-state index < -0.39 is 15.8 Å². The Hall–Kier alpha value is -0.960. The van der Waals surface area contributed by atoms with Gasteiger partial charge >= 0.3 is 0 Å². The largest absolute Gasteiger partial charge is 0.326 e. The Morgan fingerprint density at radius 2 is 1.86 bits per heavy atom. The summed E-state index contributed by atoms with van der Waals surface area (Å²) in [6, 6.07) is 8.48. The quantitative estimate of drug-likeness (QED) is 0.767. The average Bonchev–Trinajstić information content (AvgIpc) is 2.42. The van der Waals surface area contributed by atoms with Crippen LogP contribution in [-0.4, -0.2) is 8.42 Å². The third-order valence-electron chi connectivity index (χ3n) is 2.71.